The van der Waals surface area contributed by atoms with E-state index in [1.165, 1.54) is 13.8 Å². The third-order valence-electron chi connectivity index (χ3n) is 22.2. The SMILES string of the molecule is CC(=N)O[C@H]1OC(CO)[C@H](OC(C)=O)C(O[C@@H]2OC(C)[C@H](C)[C@@H]3OC(C)(C)OC23)[C@H]1O[C@@H]1OC(C)[C@H](O[C@@H]2OC[C@@H](C)C(O[C@@H]3OC[C@]4(COCc5ccccc5)O[C@@H](c5ccccc5)OC34)[C@H]2OCc2ccccc2)C(O[C@@H]2OC(COCc3ccccc3)[C@@H](OCc3ccccc3)C(OCc3ccccc3)[C@H]2C)[C@@H]1C. The molecule has 0 radical (unpaired) electrons. The summed E-state index contributed by atoms with van der Waals surface area (Å²) >= 11 is 0. The first kappa shape index (κ1) is 82.0. The maximum absolute atomic E-state index is 13.4. The second kappa shape index (κ2) is 37.6. The molecule has 2 N–H and O–H groups in total. The molecule has 8 heterocycles. The minimum Gasteiger partial charge on any atom is -0.457 e. The highest BCUT2D eigenvalue weighted by Gasteiger charge is 2.63. The molecule has 8 aliphatic heterocycles. The van der Waals surface area contributed by atoms with Crippen molar-refractivity contribution < 1.29 is 114 Å². The van der Waals surface area contributed by atoms with Crippen molar-refractivity contribution in [3.63, 3.8) is 0 Å². The van der Waals surface area contributed by atoms with Crippen molar-refractivity contribution in [2.45, 2.75) is 255 Å². The van der Waals surface area contributed by atoms with Crippen LogP contribution in [0.15, 0.2) is 182 Å². The zero-order chi connectivity index (χ0) is 78.0. The molecule has 0 spiro atoms. The molecule has 0 aliphatic carbocycles. The Labute approximate surface area is 655 Å². The van der Waals surface area contributed by atoms with Gasteiger partial charge in [-0.1, -0.05) is 210 Å². The zero-order valence-corrected chi connectivity index (χ0v) is 65.3. The summed E-state index contributed by atoms with van der Waals surface area (Å²) in [4.78, 5) is 13.4. The van der Waals surface area contributed by atoms with Crippen LogP contribution >= 0.6 is 0 Å². The molecule has 0 amide bonds. The number of carbonyl (C=O) groups is 1. The number of fused-ring (bicyclic) bond motifs is 2. The summed E-state index contributed by atoms with van der Waals surface area (Å²) in [7, 11) is 0. The van der Waals surface area contributed by atoms with Crippen LogP contribution in [0, 0.1) is 29.1 Å². The van der Waals surface area contributed by atoms with E-state index in [0.717, 1.165) is 33.4 Å². The van der Waals surface area contributed by atoms with Crippen molar-refractivity contribution >= 4 is 11.9 Å². The smallest absolute Gasteiger partial charge is 0.303 e. The fraction of sp³-hybridized carbons (Fsp3) is 0.563. The predicted molar refractivity (Wildman–Crippen MR) is 403 cm³/mol. The molecule has 0 aromatic heterocycles. The summed E-state index contributed by atoms with van der Waals surface area (Å²) in [6.07, 6.45) is -22.8. The van der Waals surface area contributed by atoms with Crippen molar-refractivity contribution in [2.75, 3.05) is 33.0 Å². The summed E-state index contributed by atoms with van der Waals surface area (Å²) in [5.41, 5.74) is 4.50. The number of hydrogen-bond acceptors (Lipinski definition) is 25. The van der Waals surface area contributed by atoms with Gasteiger partial charge in [0.25, 0.3) is 0 Å². The van der Waals surface area contributed by atoms with Crippen molar-refractivity contribution in [1.29, 1.82) is 5.41 Å². The Morgan fingerprint density at radius 2 is 0.929 bits per heavy atom. The van der Waals surface area contributed by atoms with E-state index >= 15 is 0 Å². The van der Waals surface area contributed by atoms with Gasteiger partial charge in [-0.15, -0.1) is 0 Å². The number of aliphatic hydroxyl groups is 1. The lowest BCUT2D eigenvalue weighted by atomic mass is 9.89. The Kier molecular flexibility index (Phi) is 27.5. The van der Waals surface area contributed by atoms with Crippen LogP contribution in [0.25, 0.3) is 0 Å². The standard InChI is InChI=1S/C87H109NO24/c1-51-42-96-82(75(95-47-63-37-25-15-26-38-63)67(51)104-85-78-87(50-97-85,49-92-44-60-31-19-12-20-32-60)112-81(109-78)64-39-27-16-28-40-64)106-71-56(6)99-79(108-76-74(73(101-58(8)90)65(41-89)102-83(76)100-57(7)88)107-84-77-70(52(2)55(5)98-84)110-86(9,10)111-77)54(4)69(71)105-80-53(3)68(93-45-61-33-21-13-22-34-61)72(94-46-62-35-23-14-24-36-62)66(103-80)48-91-43-59-29-17-11-18-30-59/h11-40,51-56,65-85,88-89H,41-50H2,1-10H3/t51-,52+,53-,54+,55?,56?,65?,66?,67?,68?,69?,70+,71+,72-,73+,74?,75-,76-,77?,78?,79+,80+,81+,82+,83+,84+,85+,87+/m1/s1. The second-order valence-corrected chi connectivity index (χ2v) is 31.2. The summed E-state index contributed by atoms with van der Waals surface area (Å²) in [6.45, 7) is 19.1. The Balaban J connectivity index is 0.825. The molecule has 8 aliphatic rings. The van der Waals surface area contributed by atoms with Gasteiger partial charge < -0.3 is 109 Å². The van der Waals surface area contributed by atoms with E-state index in [0.29, 0.717) is 6.61 Å². The quantitative estimate of drug-likeness (QED) is 0.0233. The first-order chi connectivity index (χ1) is 54.3. The summed E-state index contributed by atoms with van der Waals surface area (Å²) in [5, 5.41) is 19.9. The Morgan fingerprint density at radius 1 is 0.438 bits per heavy atom. The van der Waals surface area contributed by atoms with Gasteiger partial charge in [0.1, 0.15) is 54.4 Å². The highest BCUT2D eigenvalue weighted by atomic mass is 16.8. The Hall–Kier alpha value is -6.58. The molecule has 6 aromatic carbocycles. The highest BCUT2D eigenvalue weighted by molar-refractivity contribution is 5.69. The van der Waals surface area contributed by atoms with E-state index in [-0.39, 0.29) is 70.6 Å². The molecule has 10 unspecified atom stereocenters. The zero-order valence-electron chi connectivity index (χ0n) is 65.3. The van der Waals surface area contributed by atoms with Gasteiger partial charge in [0, 0.05) is 43.1 Å². The average molecular weight is 1550 g/mol. The van der Waals surface area contributed by atoms with Crippen LogP contribution in [0.2, 0.25) is 0 Å². The van der Waals surface area contributed by atoms with Crippen molar-refractivity contribution in [2.24, 2.45) is 23.7 Å². The number of rotatable bonds is 31. The van der Waals surface area contributed by atoms with Gasteiger partial charge in [-0.05, 0) is 55.5 Å². The maximum atomic E-state index is 13.4. The van der Waals surface area contributed by atoms with Crippen molar-refractivity contribution in [3.05, 3.63) is 215 Å². The van der Waals surface area contributed by atoms with Crippen LogP contribution in [0.1, 0.15) is 109 Å². The monoisotopic (exact) mass is 1550 g/mol. The fourth-order valence-electron chi connectivity index (χ4n) is 16.2. The summed E-state index contributed by atoms with van der Waals surface area (Å²) in [5.74, 6) is -3.89. The Morgan fingerprint density at radius 3 is 1.52 bits per heavy atom. The molecule has 14 rings (SSSR count). The van der Waals surface area contributed by atoms with Crippen LogP contribution in [-0.2, 0) is 142 Å². The topological polar surface area (TPSA) is 264 Å². The van der Waals surface area contributed by atoms with Gasteiger partial charge in [0.05, 0.1) is 103 Å². The van der Waals surface area contributed by atoms with E-state index in [9.17, 15) is 9.90 Å². The first-order valence-electron chi connectivity index (χ1n) is 39.3. The third kappa shape index (κ3) is 19.6. The van der Waals surface area contributed by atoms with E-state index in [4.69, 9.17) is 110 Å². The van der Waals surface area contributed by atoms with Crippen LogP contribution in [0.3, 0.4) is 0 Å². The summed E-state index contributed by atoms with van der Waals surface area (Å²) in [6, 6.07) is 59.4. The number of hydrogen-bond donors (Lipinski definition) is 2. The van der Waals surface area contributed by atoms with Gasteiger partial charge in [0.2, 0.25) is 6.29 Å². The minimum absolute atomic E-state index is 0.0683. The molecule has 0 saturated carbocycles. The van der Waals surface area contributed by atoms with Crippen LogP contribution in [0.4, 0.5) is 0 Å². The molecule has 25 nitrogen and oxygen atoms in total. The second-order valence-electron chi connectivity index (χ2n) is 31.2. The van der Waals surface area contributed by atoms with Gasteiger partial charge >= 0.3 is 5.97 Å². The van der Waals surface area contributed by atoms with E-state index < -0.39 is 177 Å². The lowest BCUT2D eigenvalue weighted by Gasteiger charge is -2.52. The van der Waals surface area contributed by atoms with Gasteiger partial charge in [0.15, 0.2) is 61.6 Å². The van der Waals surface area contributed by atoms with E-state index in [1.54, 1.807) is 0 Å². The molecule has 0 bridgehead atoms. The summed E-state index contributed by atoms with van der Waals surface area (Å²) < 4.78 is 152. The number of ether oxygens (including phenoxy) is 22. The number of benzene rings is 6. The van der Waals surface area contributed by atoms with Crippen molar-refractivity contribution in [3.8, 4) is 0 Å². The van der Waals surface area contributed by atoms with Gasteiger partial charge in [-0.3, -0.25) is 10.2 Å². The van der Waals surface area contributed by atoms with Crippen molar-refractivity contribution in [1.82, 2.24) is 0 Å². The van der Waals surface area contributed by atoms with Gasteiger partial charge in [-0.2, -0.15) is 0 Å². The third-order valence-corrected chi connectivity index (χ3v) is 22.2. The first-order valence-corrected chi connectivity index (χ1v) is 39.3. The normalized spacial score (nSPS) is 37.0. The minimum atomic E-state index is -1.49. The maximum Gasteiger partial charge on any atom is 0.303 e. The van der Waals surface area contributed by atoms with E-state index in [2.05, 4.69) is 0 Å². The lowest BCUT2D eigenvalue weighted by Crippen LogP contribution is -2.67. The van der Waals surface area contributed by atoms with Crippen LogP contribution in [0.5, 0.6) is 0 Å². The molecule has 112 heavy (non-hydrogen) atoms. The molecule has 606 valence electrons. The molecular weight excluding hydrogens is 1440 g/mol. The molecule has 8 saturated heterocycles. The highest BCUT2D eigenvalue weighted by Crippen LogP contribution is 2.49. The van der Waals surface area contributed by atoms with Crippen LogP contribution < -0.4 is 0 Å². The number of esters is 1. The largest absolute Gasteiger partial charge is 0.457 e. The van der Waals surface area contributed by atoms with E-state index in [1.807, 2.05) is 237 Å². The number of nitrogens with one attached hydrogen (secondary N) is 1. The predicted octanol–water partition coefficient (Wildman–Crippen LogP) is 11.6. The Bertz CT molecular complexity index is 3880. The lowest BCUT2D eigenvalue weighted by molar-refractivity contribution is -0.396. The fourth-order valence-corrected chi connectivity index (χ4v) is 16.2. The molecule has 28 atom stereocenters. The molecular formula is C87H109NO24. The number of carbonyl (C=O) groups excluding carboxylic acids is 1. The molecule has 8 fully saturated rings. The van der Waals surface area contributed by atoms with Gasteiger partial charge in [-0.25, -0.2) is 0 Å². The molecule has 25 heteroatoms. The number of aliphatic hydroxyl groups excluding tert-OH is 1. The molecule has 6 aromatic rings. The average Bonchev–Trinajstić information content (AvgIpc) is 1.49. The van der Waals surface area contributed by atoms with Crippen LogP contribution in [-0.4, -0.2) is 197 Å².